The van der Waals surface area contributed by atoms with Crippen molar-refractivity contribution in [1.82, 2.24) is 4.90 Å². The van der Waals surface area contributed by atoms with Crippen LogP contribution >= 0.6 is 24.0 Å². The van der Waals surface area contributed by atoms with E-state index in [9.17, 15) is 4.79 Å². The van der Waals surface area contributed by atoms with Crippen molar-refractivity contribution in [2.24, 2.45) is 0 Å². The SMILES string of the molecule is O=C1/C(=C/C=C/c2ccc3c(c2)OCO3)SC(=S)N1Cc1ccccc1. The molecule has 1 amide bonds. The number of fused-ring (bicyclic) bond motifs is 1. The monoisotopic (exact) mass is 381 g/mol. The fraction of sp³-hybridized carbons (Fsp3) is 0.100. The molecule has 0 radical (unpaired) electrons. The molecule has 2 aromatic rings. The highest BCUT2D eigenvalue weighted by molar-refractivity contribution is 8.26. The maximum Gasteiger partial charge on any atom is 0.266 e. The molecule has 4 rings (SSSR count). The van der Waals surface area contributed by atoms with E-state index in [4.69, 9.17) is 21.7 Å². The predicted octanol–water partition coefficient (Wildman–Crippen LogP) is 4.37. The molecule has 0 unspecified atom stereocenters. The molecule has 6 heteroatoms. The summed E-state index contributed by atoms with van der Waals surface area (Å²) in [4.78, 5) is 14.9. The van der Waals surface area contributed by atoms with Gasteiger partial charge in [0.15, 0.2) is 11.5 Å². The van der Waals surface area contributed by atoms with Crippen LogP contribution < -0.4 is 9.47 Å². The number of carbonyl (C=O) groups excluding carboxylic acids is 1. The molecule has 2 aromatic carbocycles. The molecule has 0 N–H and O–H groups in total. The van der Waals surface area contributed by atoms with E-state index in [-0.39, 0.29) is 12.7 Å². The molecule has 0 aromatic heterocycles. The number of thiocarbonyl (C=S) groups is 1. The Morgan fingerprint density at radius 1 is 1.12 bits per heavy atom. The Bertz CT molecular complexity index is 922. The minimum Gasteiger partial charge on any atom is -0.454 e. The van der Waals surface area contributed by atoms with Gasteiger partial charge in [0.25, 0.3) is 5.91 Å². The number of ether oxygens (including phenoxy) is 2. The summed E-state index contributed by atoms with van der Waals surface area (Å²) < 4.78 is 11.3. The number of allylic oxidation sites excluding steroid dienone is 2. The van der Waals surface area contributed by atoms with Crippen LogP contribution in [0.3, 0.4) is 0 Å². The first kappa shape index (κ1) is 16.9. The van der Waals surface area contributed by atoms with Gasteiger partial charge >= 0.3 is 0 Å². The van der Waals surface area contributed by atoms with Crippen LogP contribution in [-0.4, -0.2) is 21.9 Å². The Labute approximate surface area is 161 Å². The summed E-state index contributed by atoms with van der Waals surface area (Å²) in [5.41, 5.74) is 2.03. The topological polar surface area (TPSA) is 38.8 Å². The quantitative estimate of drug-likeness (QED) is 0.581. The van der Waals surface area contributed by atoms with Crippen molar-refractivity contribution < 1.29 is 14.3 Å². The van der Waals surface area contributed by atoms with Crippen molar-refractivity contribution in [3.05, 3.63) is 76.7 Å². The predicted molar refractivity (Wildman–Crippen MR) is 107 cm³/mol. The normalized spacial score (nSPS) is 17.7. The summed E-state index contributed by atoms with van der Waals surface area (Å²) in [6, 6.07) is 15.6. The fourth-order valence-corrected chi connectivity index (χ4v) is 3.89. The highest BCUT2D eigenvalue weighted by atomic mass is 32.2. The Balaban J connectivity index is 1.46. The lowest BCUT2D eigenvalue weighted by atomic mass is 10.2. The first-order valence-corrected chi connectivity index (χ1v) is 9.29. The minimum absolute atomic E-state index is 0.0563. The van der Waals surface area contributed by atoms with Gasteiger partial charge in [-0.3, -0.25) is 9.69 Å². The summed E-state index contributed by atoms with van der Waals surface area (Å²) in [5.74, 6) is 1.43. The molecule has 1 fully saturated rings. The van der Waals surface area contributed by atoms with Crippen LogP contribution in [0.5, 0.6) is 11.5 Å². The summed E-state index contributed by atoms with van der Waals surface area (Å²) in [6.07, 6.45) is 5.58. The third kappa shape index (κ3) is 3.52. The molecule has 2 aliphatic heterocycles. The molecule has 0 atom stereocenters. The van der Waals surface area contributed by atoms with Crippen molar-refractivity contribution in [1.29, 1.82) is 0 Å². The fourth-order valence-electron chi connectivity index (χ4n) is 2.68. The van der Waals surface area contributed by atoms with Gasteiger partial charge < -0.3 is 9.47 Å². The molecular formula is C20H15NO3S2. The molecule has 2 aliphatic rings. The van der Waals surface area contributed by atoms with Gasteiger partial charge in [-0.2, -0.15) is 0 Å². The molecule has 0 saturated carbocycles. The van der Waals surface area contributed by atoms with E-state index in [1.165, 1.54) is 11.8 Å². The zero-order chi connectivity index (χ0) is 17.9. The molecular weight excluding hydrogens is 366 g/mol. The number of nitrogens with zero attached hydrogens (tertiary/aromatic N) is 1. The molecule has 0 bridgehead atoms. The molecule has 2 heterocycles. The molecule has 130 valence electrons. The van der Waals surface area contributed by atoms with Gasteiger partial charge in [-0.15, -0.1) is 0 Å². The van der Waals surface area contributed by atoms with Crippen molar-refractivity contribution in [3.8, 4) is 11.5 Å². The highest BCUT2D eigenvalue weighted by Gasteiger charge is 2.31. The van der Waals surface area contributed by atoms with E-state index in [2.05, 4.69) is 0 Å². The van der Waals surface area contributed by atoms with Gasteiger partial charge in [0.1, 0.15) is 4.32 Å². The molecule has 4 nitrogen and oxygen atoms in total. The number of hydrogen-bond acceptors (Lipinski definition) is 5. The average molecular weight is 381 g/mol. The Kier molecular flexibility index (Phi) is 4.77. The zero-order valence-corrected chi connectivity index (χ0v) is 15.4. The number of hydrogen-bond donors (Lipinski definition) is 0. The van der Waals surface area contributed by atoms with Crippen LogP contribution in [0.25, 0.3) is 6.08 Å². The summed E-state index contributed by atoms with van der Waals surface area (Å²) in [7, 11) is 0. The number of rotatable bonds is 4. The molecule has 26 heavy (non-hydrogen) atoms. The molecule has 0 aliphatic carbocycles. The van der Waals surface area contributed by atoms with Crippen molar-refractivity contribution in [2.75, 3.05) is 6.79 Å². The van der Waals surface area contributed by atoms with Gasteiger partial charge in [-0.1, -0.05) is 72.5 Å². The second-order valence-electron chi connectivity index (χ2n) is 5.75. The van der Waals surface area contributed by atoms with E-state index in [1.807, 2.05) is 60.7 Å². The summed E-state index contributed by atoms with van der Waals surface area (Å²) in [5, 5.41) is 0. The van der Waals surface area contributed by atoms with Crippen LogP contribution in [0.4, 0.5) is 0 Å². The third-order valence-electron chi connectivity index (χ3n) is 3.99. The van der Waals surface area contributed by atoms with Gasteiger partial charge in [-0.25, -0.2) is 0 Å². The van der Waals surface area contributed by atoms with E-state index >= 15 is 0 Å². The van der Waals surface area contributed by atoms with Crippen molar-refractivity contribution >= 4 is 40.3 Å². The van der Waals surface area contributed by atoms with Crippen LogP contribution in [0.1, 0.15) is 11.1 Å². The van der Waals surface area contributed by atoms with Gasteiger partial charge in [-0.05, 0) is 29.3 Å². The van der Waals surface area contributed by atoms with Crippen LogP contribution in [0.15, 0.2) is 65.6 Å². The standard InChI is InChI=1S/C20H15NO3S2/c22-19-18(26-20(25)21(19)12-15-5-2-1-3-6-15)8-4-7-14-9-10-16-17(11-14)24-13-23-16/h1-11H,12-13H2/b7-4+,18-8-. The Hall–Kier alpha value is -2.57. The maximum atomic E-state index is 12.6. The number of carbonyl (C=O) groups is 1. The largest absolute Gasteiger partial charge is 0.454 e. The van der Waals surface area contributed by atoms with Crippen LogP contribution in [0.2, 0.25) is 0 Å². The van der Waals surface area contributed by atoms with Gasteiger partial charge in [0, 0.05) is 0 Å². The van der Waals surface area contributed by atoms with Crippen LogP contribution in [0, 0.1) is 0 Å². The van der Waals surface area contributed by atoms with E-state index in [1.54, 1.807) is 11.0 Å². The van der Waals surface area contributed by atoms with Crippen molar-refractivity contribution in [2.45, 2.75) is 6.54 Å². The van der Waals surface area contributed by atoms with E-state index in [0.29, 0.717) is 15.8 Å². The number of thioether (sulfide) groups is 1. The third-order valence-corrected chi connectivity index (χ3v) is 5.39. The minimum atomic E-state index is -0.0563. The highest BCUT2D eigenvalue weighted by Crippen LogP contribution is 2.34. The second-order valence-corrected chi connectivity index (χ2v) is 7.42. The lowest BCUT2D eigenvalue weighted by Gasteiger charge is -2.14. The summed E-state index contributed by atoms with van der Waals surface area (Å²) >= 11 is 6.69. The molecule has 0 spiro atoms. The zero-order valence-electron chi connectivity index (χ0n) is 13.8. The average Bonchev–Trinajstić information content (AvgIpc) is 3.22. The first-order chi connectivity index (χ1) is 12.7. The van der Waals surface area contributed by atoms with Gasteiger partial charge in [0.2, 0.25) is 6.79 Å². The smallest absolute Gasteiger partial charge is 0.266 e. The Morgan fingerprint density at radius 2 is 1.92 bits per heavy atom. The van der Waals surface area contributed by atoms with Gasteiger partial charge in [0.05, 0.1) is 11.4 Å². The van der Waals surface area contributed by atoms with E-state index in [0.717, 1.165) is 22.6 Å². The lowest BCUT2D eigenvalue weighted by Crippen LogP contribution is -2.27. The Morgan fingerprint density at radius 3 is 2.77 bits per heavy atom. The number of amides is 1. The lowest BCUT2D eigenvalue weighted by molar-refractivity contribution is -0.122. The number of benzene rings is 2. The van der Waals surface area contributed by atoms with E-state index < -0.39 is 0 Å². The summed E-state index contributed by atoms with van der Waals surface area (Å²) in [6.45, 7) is 0.751. The molecule has 1 saturated heterocycles. The maximum absolute atomic E-state index is 12.6. The van der Waals surface area contributed by atoms with Crippen molar-refractivity contribution in [3.63, 3.8) is 0 Å². The van der Waals surface area contributed by atoms with Crippen LogP contribution in [-0.2, 0) is 11.3 Å². The first-order valence-electron chi connectivity index (χ1n) is 8.06. The second kappa shape index (κ2) is 7.35.